The van der Waals surface area contributed by atoms with Crippen LogP contribution in [0.5, 0.6) is 0 Å². The maximum Gasteiger partial charge on any atom is 0.254 e. The first-order valence-corrected chi connectivity index (χ1v) is 7.79. The molecule has 3 rings (SSSR count). The molecule has 2 aromatic heterocycles. The smallest absolute Gasteiger partial charge is 0.254 e. The predicted octanol–water partition coefficient (Wildman–Crippen LogP) is 1.78. The Morgan fingerprint density at radius 3 is 2.87 bits per heavy atom. The fourth-order valence-corrected chi connectivity index (χ4v) is 2.56. The zero-order valence-electron chi connectivity index (χ0n) is 13.4. The fourth-order valence-electron chi connectivity index (χ4n) is 2.56. The van der Waals surface area contributed by atoms with Crippen LogP contribution in [0.15, 0.2) is 30.5 Å². The maximum atomic E-state index is 12.3. The SMILES string of the molecule is CCCn1ncc(C(=O)NCCn2nnc3ccccc32)c1C. The van der Waals surface area contributed by atoms with Gasteiger partial charge in [-0.05, 0) is 25.5 Å². The van der Waals surface area contributed by atoms with E-state index in [4.69, 9.17) is 0 Å². The molecule has 7 heteroatoms. The molecule has 2 heterocycles. The number of hydrogen-bond acceptors (Lipinski definition) is 4. The number of amides is 1. The molecule has 0 radical (unpaired) electrons. The highest BCUT2D eigenvalue weighted by Gasteiger charge is 2.13. The zero-order chi connectivity index (χ0) is 16.2. The highest BCUT2D eigenvalue weighted by atomic mass is 16.1. The van der Waals surface area contributed by atoms with E-state index in [-0.39, 0.29) is 5.91 Å². The highest BCUT2D eigenvalue weighted by molar-refractivity contribution is 5.95. The Kier molecular flexibility index (Phi) is 4.36. The summed E-state index contributed by atoms with van der Waals surface area (Å²) in [6.45, 7) is 5.90. The van der Waals surface area contributed by atoms with Crippen molar-refractivity contribution < 1.29 is 4.79 Å². The fraction of sp³-hybridized carbons (Fsp3) is 0.375. The number of nitrogens with zero attached hydrogens (tertiary/aromatic N) is 5. The first-order valence-electron chi connectivity index (χ1n) is 7.79. The number of aryl methyl sites for hydroxylation is 1. The van der Waals surface area contributed by atoms with Crippen molar-refractivity contribution >= 4 is 16.9 Å². The predicted molar refractivity (Wildman–Crippen MR) is 87.1 cm³/mol. The van der Waals surface area contributed by atoms with Crippen molar-refractivity contribution in [3.63, 3.8) is 0 Å². The van der Waals surface area contributed by atoms with Crippen LogP contribution in [0.25, 0.3) is 11.0 Å². The molecule has 23 heavy (non-hydrogen) atoms. The molecule has 1 amide bonds. The molecular weight excluding hydrogens is 292 g/mol. The van der Waals surface area contributed by atoms with Gasteiger partial charge < -0.3 is 5.32 Å². The molecule has 0 spiro atoms. The van der Waals surface area contributed by atoms with Crippen molar-refractivity contribution in [2.75, 3.05) is 6.54 Å². The van der Waals surface area contributed by atoms with Gasteiger partial charge in [0.05, 0.1) is 23.8 Å². The Bertz CT molecular complexity index is 819. The van der Waals surface area contributed by atoms with Crippen LogP contribution in [-0.2, 0) is 13.1 Å². The van der Waals surface area contributed by atoms with Crippen LogP contribution in [0, 0.1) is 6.92 Å². The Hall–Kier alpha value is -2.70. The summed E-state index contributed by atoms with van der Waals surface area (Å²) in [5.41, 5.74) is 3.35. The molecule has 3 aromatic rings. The van der Waals surface area contributed by atoms with Crippen molar-refractivity contribution in [2.45, 2.75) is 33.4 Å². The summed E-state index contributed by atoms with van der Waals surface area (Å²) in [6, 6.07) is 7.77. The number of aromatic nitrogens is 5. The summed E-state index contributed by atoms with van der Waals surface area (Å²) in [7, 11) is 0. The van der Waals surface area contributed by atoms with Gasteiger partial charge >= 0.3 is 0 Å². The molecule has 0 bridgehead atoms. The van der Waals surface area contributed by atoms with Crippen molar-refractivity contribution in [1.82, 2.24) is 30.1 Å². The van der Waals surface area contributed by atoms with E-state index in [1.165, 1.54) is 0 Å². The highest BCUT2D eigenvalue weighted by Crippen LogP contribution is 2.10. The number of para-hydroxylation sites is 1. The average molecular weight is 312 g/mol. The van der Waals surface area contributed by atoms with Gasteiger partial charge in [0.25, 0.3) is 5.91 Å². The quantitative estimate of drug-likeness (QED) is 0.752. The second-order valence-electron chi connectivity index (χ2n) is 5.42. The van der Waals surface area contributed by atoms with Crippen LogP contribution in [-0.4, -0.2) is 37.2 Å². The molecule has 1 N–H and O–H groups in total. The van der Waals surface area contributed by atoms with Crippen LogP contribution in [0.1, 0.15) is 29.4 Å². The summed E-state index contributed by atoms with van der Waals surface area (Å²) in [5, 5.41) is 15.4. The number of benzene rings is 1. The summed E-state index contributed by atoms with van der Waals surface area (Å²) in [6.07, 6.45) is 2.62. The number of hydrogen-bond donors (Lipinski definition) is 1. The summed E-state index contributed by atoms with van der Waals surface area (Å²) in [4.78, 5) is 12.3. The standard InChI is InChI=1S/C16H20N6O/c1-3-9-21-12(2)13(11-18-21)16(23)17-8-10-22-15-7-5-4-6-14(15)19-20-22/h4-7,11H,3,8-10H2,1-2H3,(H,17,23). The summed E-state index contributed by atoms with van der Waals surface area (Å²) in [5.74, 6) is -0.103. The Balaban J connectivity index is 1.61. The lowest BCUT2D eigenvalue weighted by atomic mass is 10.2. The molecule has 0 unspecified atom stereocenters. The first-order chi connectivity index (χ1) is 11.2. The van der Waals surface area contributed by atoms with Gasteiger partial charge in [0, 0.05) is 18.8 Å². The van der Waals surface area contributed by atoms with E-state index >= 15 is 0 Å². The molecule has 0 atom stereocenters. The molecule has 7 nitrogen and oxygen atoms in total. The van der Waals surface area contributed by atoms with E-state index in [9.17, 15) is 4.79 Å². The van der Waals surface area contributed by atoms with Gasteiger partial charge in [0.2, 0.25) is 0 Å². The average Bonchev–Trinajstić information content (AvgIpc) is 3.13. The van der Waals surface area contributed by atoms with Gasteiger partial charge in [-0.15, -0.1) is 5.10 Å². The molecule has 0 fully saturated rings. The molecule has 0 aliphatic heterocycles. The second kappa shape index (κ2) is 6.60. The molecular formula is C16H20N6O. The lowest BCUT2D eigenvalue weighted by Gasteiger charge is -2.06. The van der Waals surface area contributed by atoms with Crippen LogP contribution in [0.3, 0.4) is 0 Å². The number of fused-ring (bicyclic) bond motifs is 1. The number of carbonyl (C=O) groups excluding carboxylic acids is 1. The lowest BCUT2D eigenvalue weighted by molar-refractivity contribution is 0.0951. The summed E-state index contributed by atoms with van der Waals surface area (Å²) >= 11 is 0. The van der Waals surface area contributed by atoms with E-state index in [1.54, 1.807) is 10.9 Å². The minimum absolute atomic E-state index is 0.103. The van der Waals surface area contributed by atoms with Crippen LogP contribution >= 0.6 is 0 Å². The first kappa shape index (κ1) is 15.2. The topological polar surface area (TPSA) is 77.6 Å². The van der Waals surface area contributed by atoms with Gasteiger partial charge in [-0.1, -0.05) is 24.3 Å². The Morgan fingerprint density at radius 2 is 2.04 bits per heavy atom. The van der Waals surface area contributed by atoms with Gasteiger partial charge in [-0.2, -0.15) is 5.10 Å². The van der Waals surface area contributed by atoms with E-state index in [0.717, 1.165) is 29.7 Å². The van der Waals surface area contributed by atoms with Gasteiger partial charge in [0.15, 0.2) is 0 Å². The maximum absolute atomic E-state index is 12.3. The van der Waals surface area contributed by atoms with Gasteiger partial charge in [-0.3, -0.25) is 9.48 Å². The number of rotatable bonds is 6. The van der Waals surface area contributed by atoms with Gasteiger partial charge in [0.1, 0.15) is 5.52 Å². The monoisotopic (exact) mass is 312 g/mol. The lowest BCUT2D eigenvalue weighted by Crippen LogP contribution is -2.28. The Morgan fingerprint density at radius 1 is 1.22 bits per heavy atom. The van der Waals surface area contributed by atoms with Crippen molar-refractivity contribution in [3.05, 3.63) is 41.7 Å². The van der Waals surface area contributed by atoms with Crippen molar-refractivity contribution in [2.24, 2.45) is 0 Å². The molecule has 120 valence electrons. The summed E-state index contributed by atoms with van der Waals surface area (Å²) < 4.78 is 3.66. The molecule has 0 aliphatic rings. The van der Waals surface area contributed by atoms with Crippen LogP contribution < -0.4 is 5.32 Å². The zero-order valence-corrected chi connectivity index (χ0v) is 13.4. The number of carbonyl (C=O) groups is 1. The van der Waals surface area contributed by atoms with E-state index < -0.39 is 0 Å². The van der Waals surface area contributed by atoms with Crippen LogP contribution in [0.4, 0.5) is 0 Å². The normalized spacial score (nSPS) is 11.0. The second-order valence-corrected chi connectivity index (χ2v) is 5.42. The van der Waals surface area contributed by atoms with Gasteiger partial charge in [-0.25, -0.2) is 4.68 Å². The Labute approximate surface area is 134 Å². The van der Waals surface area contributed by atoms with E-state index in [0.29, 0.717) is 18.7 Å². The third kappa shape index (κ3) is 3.08. The molecule has 0 aliphatic carbocycles. The van der Waals surface area contributed by atoms with Crippen molar-refractivity contribution in [1.29, 1.82) is 0 Å². The van der Waals surface area contributed by atoms with E-state index in [2.05, 4.69) is 27.7 Å². The third-order valence-electron chi connectivity index (χ3n) is 3.81. The third-order valence-corrected chi connectivity index (χ3v) is 3.81. The van der Waals surface area contributed by atoms with Crippen LogP contribution in [0.2, 0.25) is 0 Å². The molecule has 0 saturated heterocycles. The minimum Gasteiger partial charge on any atom is -0.350 e. The molecule has 0 saturated carbocycles. The minimum atomic E-state index is -0.103. The largest absolute Gasteiger partial charge is 0.350 e. The van der Waals surface area contributed by atoms with E-state index in [1.807, 2.05) is 35.9 Å². The molecule has 1 aromatic carbocycles. The van der Waals surface area contributed by atoms with Crippen molar-refractivity contribution in [3.8, 4) is 0 Å². The number of nitrogens with one attached hydrogen (secondary N) is 1.